The van der Waals surface area contributed by atoms with Crippen LogP contribution in [0.15, 0.2) is 36.5 Å². The first-order valence-corrected chi connectivity index (χ1v) is 5.99. The number of nitrogens with zero attached hydrogens (tertiary/aromatic N) is 2. The van der Waals surface area contributed by atoms with Gasteiger partial charge in [-0.3, -0.25) is 10.1 Å². The fraction of sp³-hybridized carbons (Fsp3) is 0.0833. The van der Waals surface area contributed by atoms with E-state index >= 15 is 0 Å². The average Bonchev–Trinajstić information content (AvgIpc) is 2.37. The van der Waals surface area contributed by atoms with Gasteiger partial charge in [0, 0.05) is 17.3 Å². The smallest absolute Gasteiger partial charge is 0.276 e. The van der Waals surface area contributed by atoms with Crippen molar-refractivity contribution in [3.05, 3.63) is 62.4 Å². The van der Waals surface area contributed by atoms with Gasteiger partial charge in [-0.15, -0.1) is 0 Å². The van der Waals surface area contributed by atoms with Crippen molar-refractivity contribution in [2.75, 3.05) is 0 Å². The highest BCUT2D eigenvalue weighted by atomic mass is 35.5. The van der Waals surface area contributed by atoms with Gasteiger partial charge >= 0.3 is 0 Å². The molecule has 0 N–H and O–H groups in total. The van der Waals surface area contributed by atoms with E-state index in [-0.39, 0.29) is 17.4 Å². The van der Waals surface area contributed by atoms with Crippen LogP contribution < -0.4 is 4.74 Å². The summed E-state index contributed by atoms with van der Waals surface area (Å²) in [7, 11) is 0. The molecule has 0 aliphatic carbocycles. The zero-order valence-electron chi connectivity index (χ0n) is 9.55. The Morgan fingerprint density at radius 2 is 2.11 bits per heavy atom. The number of benzene rings is 1. The second kappa shape index (κ2) is 5.86. The summed E-state index contributed by atoms with van der Waals surface area (Å²) in [4.78, 5) is 14.2. The topological polar surface area (TPSA) is 65.3 Å². The standard InChI is InChI=1S/C12H8Cl2N2O3/c13-9-3-4-10(16(17)18)8(6-9)7-19-11-2-1-5-15-12(11)14/h1-6H,7H2. The fourth-order valence-corrected chi connectivity index (χ4v) is 1.85. The quantitative estimate of drug-likeness (QED) is 0.488. The van der Waals surface area contributed by atoms with Crippen molar-refractivity contribution in [1.82, 2.24) is 4.98 Å². The Kier molecular flexibility index (Phi) is 4.19. The van der Waals surface area contributed by atoms with E-state index in [1.54, 1.807) is 12.1 Å². The highest BCUT2D eigenvalue weighted by molar-refractivity contribution is 6.31. The number of ether oxygens (including phenoxy) is 1. The van der Waals surface area contributed by atoms with Crippen molar-refractivity contribution in [2.45, 2.75) is 6.61 Å². The van der Waals surface area contributed by atoms with Crippen LogP contribution in [-0.2, 0) is 6.61 Å². The molecule has 1 aromatic heterocycles. The molecule has 2 rings (SSSR count). The van der Waals surface area contributed by atoms with Crippen molar-refractivity contribution in [3.8, 4) is 5.75 Å². The molecule has 0 spiro atoms. The zero-order chi connectivity index (χ0) is 13.8. The maximum absolute atomic E-state index is 10.9. The van der Waals surface area contributed by atoms with Gasteiger partial charge in [0.25, 0.3) is 5.69 Å². The van der Waals surface area contributed by atoms with Crippen molar-refractivity contribution in [1.29, 1.82) is 0 Å². The largest absolute Gasteiger partial charge is 0.485 e. The molecule has 0 aliphatic rings. The number of nitro groups is 1. The van der Waals surface area contributed by atoms with Gasteiger partial charge in [-0.25, -0.2) is 4.98 Å². The Labute approximate surface area is 118 Å². The summed E-state index contributed by atoms with van der Waals surface area (Å²) in [5.74, 6) is 0.360. The average molecular weight is 299 g/mol. The summed E-state index contributed by atoms with van der Waals surface area (Å²) in [6, 6.07) is 7.58. The number of halogens is 2. The Morgan fingerprint density at radius 3 is 2.79 bits per heavy atom. The fourth-order valence-electron chi connectivity index (χ4n) is 1.48. The van der Waals surface area contributed by atoms with Crippen LogP contribution >= 0.6 is 23.2 Å². The van der Waals surface area contributed by atoms with E-state index in [0.29, 0.717) is 16.3 Å². The number of aromatic nitrogens is 1. The molecule has 0 saturated heterocycles. The minimum absolute atomic E-state index is 0.0116. The zero-order valence-corrected chi connectivity index (χ0v) is 11.1. The van der Waals surface area contributed by atoms with Gasteiger partial charge in [-0.1, -0.05) is 23.2 Å². The second-order valence-corrected chi connectivity index (χ2v) is 4.41. The summed E-state index contributed by atoms with van der Waals surface area (Å²) in [6.45, 7) is -0.0116. The molecule has 0 atom stereocenters. The molecule has 19 heavy (non-hydrogen) atoms. The van der Waals surface area contributed by atoms with Crippen LogP contribution in [0.4, 0.5) is 5.69 Å². The van der Waals surface area contributed by atoms with Crippen molar-refractivity contribution >= 4 is 28.9 Å². The molecule has 0 aliphatic heterocycles. The molecule has 1 aromatic carbocycles. The molecule has 0 amide bonds. The van der Waals surface area contributed by atoms with E-state index in [0.717, 1.165) is 0 Å². The van der Waals surface area contributed by atoms with E-state index in [1.807, 2.05) is 0 Å². The number of pyridine rings is 1. The van der Waals surface area contributed by atoms with Crippen LogP contribution in [0.5, 0.6) is 5.75 Å². The molecule has 1 heterocycles. The molecule has 0 fully saturated rings. The van der Waals surface area contributed by atoms with Crippen LogP contribution in [0.1, 0.15) is 5.56 Å². The maximum atomic E-state index is 10.9. The van der Waals surface area contributed by atoms with Crippen LogP contribution in [-0.4, -0.2) is 9.91 Å². The van der Waals surface area contributed by atoms with E-state index in [9.17, 15) is 10.1 Å². The minimum atomic E-state index is -0.486. The molecule has 7 heteroatoms. The van der Waals surface area contributed by atoms with Gasteiger partial charge in [0.1, 0.15) is 6.61 Å². The highest BCUT2D eigenvalue weighted by Gasteiger charge is 2.15. The Balaban J connectivity index is 2.22. The lowest BCUT2D eigenvalue weighted by Crippen LogP contribution is -2.01. The van der Waals surface area contributed by atoms with E-state index in [4.69, 9.17) is 27.9 Å². The highest BCUT2D eigenvalue weighted by Crippen LogP contribution is 2.26. The molecule has 0 radical (unpaired) electrons. The second-order valence-electron chi connectivity index (χ2n) is 3.61. The lowest BCUT2D eigenvalue weighted by Gasteiger charge is -2.07. The first kappa shape index (κ1) is 13.6. The summed E-state index contributed by atoms with van der Waals surface area (Å²) < 4.78 is 5.41. The first-order valence-electron chi connectivity index (χ1n) is 5.24. The number of hydrogen-bond acceptors (Lipinski definition) is 4. The first-order chi connectivity index (χ1) is 9.08. The summed E-state index contributed by atoms with van der Waals surface area (Å²) in [6.07, 6.45) is 1.52. The molecule has 0 saturated carbocycles. The van der Waals surface area contributed by atoms with Gasteiger partial charge in [0.15, 0.2) is 10.9 Å². The van der Waals surface area contributed by atoms with Crippen molar-refractivity contribution in [3.63, 3.8) is 0 Å². The normalized spacial score (nSPS) is 10.2. The summed E-state index contributed by atoms with van der Waals surface area (Å²) in [5.41, 5.74) is 0.321. The van der Waals surface area contributed by atoms with E-state index < -0.39 is 4.92 Å². The Hall–Kier alpha value is -1.85. The molecule has 2 aromatic rings. The summed E-state index contributed by atoms with van der Waals surface area (Å²) in [5, 5.41) is 11.5. The van der Waals surface area contributed by atoms with E-state index in [2.05, 4.69) is 4.98 Å². The van der Waals surface area contributed by atoms with Gasteiger partial charge < -0.3 is 4.74 Å². The lowest BCUT2D eigenvalue weighted by atomic mass is 10.2. The van der Waals surface area contributed by atoms with Gasteiger partial charge in [0.05, 0.1) is 10.5 Å². The lowest BCUT2D eigenvalue weighted by molar-refractivity contribution is -0.385. The van der Waals surface area contributed by atoms with E-state index in [1.165, 1.54) is 24.4 Å². The van der Waals surface area contributed by atoms with Crippen molar-refractivity contribution < 1.29 is 9.66 Å². The molecule has 0 bridgehead atoms. The number of rotatable bonds is 4. The third-order valence-electron chi connectivity index (χ3n) is 2.35. The number of nitro benzene ring substituents is 1. The van der Waals surface area contributed by atoms with Crippen LogP contribution in [0.25, 0.3) is 0 Å². The summed E-state index contributed by atoms with van der Waals surface area (Å²) >= 11 is 11.6. The van der Waals surface area contributed by atoms with Crippen molar-refractivity contribution in [2.24, 2.45) is 0 Å². The predicted octanol–water partition coefficient (Wildman–Crippen LogP) is 3.88. The molecule has 0 unspecified atom stereocenters. The van der Waals surface area contributed by atoms with Gasteiger partial charge in [-0.05, 0) is 24.3 Å². The Bertz CT molecular complexity index is 620. The van der Waals surface area contributed by atoms with Gasteiger partial charge in [0.2, 0.25) is 0 Å². The Morgan fingerprint density at radius 1 is 1.32 bits per heavy atom. The molecule has 98 valence electrons. The predicted molar refractivity (Wildman–Crippen MR) is 71.7 cm³/mol. The monoisotopic (exact) mass is 298 g/mol. The molecular weight excluding hydrogens is 291 g/mol. The van der Waals surface area contributed by atoms with Crippen LogP contribution in [0.3, 0.4) is 0 Å². The van der Waals surface area contributed by atoms with Gasteiger partial charge in [-0.2, -0.15) is 0 Å². The third-order valence-corrected chi connectivity index (χ3v) is 2.87. The number of hydrogen-bond donors (Lipinski definition) is 0. The minimum Gasteiger partial charge on any atom is -0.485 e. The SMILES string of the molecule is O=[N+]([O-])c1ccc(Cl)cc1COc1cccnc1Cl. The molecule has 5 nitrogen and oxygen atoms in total. The van der Waals surface area contributed by atoms with Crippen LogP contribution in [0, 0.1) is 10.1 Å². The maximum Gasteiger partial charge on any atom is 0.276 e. The van der Waals surface area contributed by atoms with Crippen LogP contribution in [0.2, 0.25) is 10.2 Å². The molecular formula is C12H8Cl2N2O3. The third kappa shape index (κ3) is 3.33.